The van der Waals surface area contributed by atoms with Crippen molar-refractivity contribution in [2.75, 3.05) is 11.9 Å². The quantitative estimate of drug-likeness (QED) is 0.791. The molecule has 1 atom stereocenters. The molecular formula is C12H15F2N. The first kappa shape index (κ1) is 10.4. The molecule has 1 aliphatic rings. The summed E-state index contributed by atoms with van der Waals surface area (Å²) in [4.78, 5) is 0. The zero-order chi connectivity index (χ0) is 10.8. The van der Waals surface area contributed by atoms with E-state index in [1.165, 1.54) is 6.07 Å². The SMILES string of the molecule is CCCC1CNc2c(ccc(F)c2F)C1. The molecule has 0 fully saturated rings. The van der Waals surface area contributed by atoms with Crippen LogP contribution in [0.25, 0.3) is 0 Å². The van der Waals surface area contributed by atoms with Gasteiger partial charge < -0.3 is 5.32 Å². The predicted octanol–water partition coefficient (Wildman–Crippen LogP) is 3.35. The third-order valence-corrected chi connectivity index (χ3v) is 2.95. The highest BCUT2D eigenvalue weighted by Crippen LogP contribution is 2.30. The van der Waals surface area contributed by atoms with Crippen LogP contribution in [0.15, 0.2) is 12.1 Å². The Hall–Kier alpha value is -1.12. The molecule has 0 saturated heterocycles. The van der Waals surface area contributed by atoms with E-state index in [9.17, 15) is 8.78 Å². The fourth-order valence-corrected chi connectivity index (χ4v) is 2.19. The van der Waals surface area contributed by atoms with Crippen LogP contribution in [0.4, 0.5) is 14.5 Å². The van der Waals surface area contributed by atoms with Gasteiger partial charge in [-0.25, -0.2) is 8.78 Å². The summed E-state index contributed by atoms with van der Waals surface area (Å²) in [6, 6.07) is 2.90. The van der Waals surface area contributed by atoms with Crippen molar-refractivity contribution in [2.45, 2.75) is 26.2 Å². The molecule has 0 amide bonds. The Balaban J connectivity index is 2.24. The van der Waals surface area contributed by atoms with Crippen LogP contribution in [0.1, 0.15) is 25.3 Å². The Kier molecular flexibility index (Phi) is 2.89. The lowest BCUT2D eigenvalue weighted by Gasteiger charge is -2.26. The summed E-state index contributed by atoms with van der Waals surface area (Å²) in [6.07, 6.45) is 3.12. The molecule has 15 heavy (non-hydrogen) atoms. The smallest absolute Gasteiger partial charge is 0.182 e. The first-order chi connectivity index (χ1) is 7.22. The molecule has 82 valence electrons. The lowest BCUT2D eigenvalue weighted by atomic mass is 9.90. The van der Waals surface area contributed by atoms with Crippen molar-refractivity contribution >= 4 is 5.69 Å². The normalized spacial score (nSPS) is 19.5. The maximum Gasteiger partial charge on any atom is 0.182 e. The van der Waals surface area contributed by atoms with Gasteiger partial charge in [-0.3, -0.25) is 0 Å². The molecule has 3 heteroatoms. The lowest BCUT2D eigenvalue weighted by molar-refractivity contribution is 0.470. The van der Waals surface area contributed by atoms with Crippen molar-refractivity contribution in [1.82, 2.24) is 0 Å². The molecule has 2 rings (SSSR count). The summed E-state index contributed by atoms with van der Waals surface area (Å²) >= 11 is 0. The summed E-state index contributed by atoms with van der Waals surface area (Å²) in [5, 5.41) is 2.99. The van der Waals surface area contributed by atoms with Gasteiger partial charge in [-0.05, 0) is 30.4 Å². The van der Waals surface area contributed by atoms with Crippen LogP contribution >= 0.6 is 0 Å². The van der Waals surface area contributed by atoms with Crippen LogP contribution in [0.5, 0.6) is 0 Å². The molecule has 1 N–H and O–H groups in total. The molecule has 1 nitrogen and oxygen atoms in total. The molecule has 0 aromatic heterocycles. The van der Waals surface area contributed by atoms with Crippen molar-refractivity contribution in [1.29, 1.82) is 0 Å². The molecular weight excluding hydrogens is 196 g/mol. The minimum atomic E-state index is -0.768. The van der Waals surface area contributed by atoms with Gasteiger partial charge in [0, 0.05) is 6.54 Å². The predicted molar refractivity (Wildman–Crippen MR) is 56.9 cm³/mol. The largest absolute Gasteiger partial charge is 0.382 e. The molecule has 1 aliphatic heterocycles. The highest BCUT2D eigenvalue weighted by atomic mass is 19.2. The molecule has 1 unspecified atom stereocenters. The van der Waals surface area contributed by atoms with Gasteiger partial charge in [0.05, 0.1) is 5.69 Å². The van der Waals surface area contributed by atoms with Crippen molar-refractivity contribution in [2.24, 2.45) is 5.92 Å². The van der Waals surface area contributed by atoms with Gasteiger partial charge >= 0.3 is 0 Å². The number of fused-ring (bicyclic) bond motifs is 1. The number of hydrogen-bond acceptors (Lipinski definition) is 1. The van der Waals surface area contributed by atoms with Crippen molar-refractivity contribution in [3.63, 3.8) is 0 Å². The Labute approximate surface area is 88.5 Å². The third-order valence-electron chi connectivity index (χ3n) is 2.95. The summed E-state index contributed by atoms with van der Waals surface area (Å²) in [5.41, 5.74) is 1.26. The van der Waals surface area contributed by atoms with E-state index < -0.39 is 11.6 Å². The topological polar surface area (TPSA) is 12.0 Å². The number of hydrogen-bond donors (Lipinski definition) is 1. The van der Waals surface area contributed by atoms with E-state index in [-0.39, 0.29) is 0 Å². The van der Waals surface area contributed by atoms with Crippen LogP contribution in [0.2, 0.25) is 0 Å². The Morgan fingerprint density at radius 1 is 1.40 bits per heavy atom. The summed E-state index contributed by atoms with van der Waals surface area (Å²) in [6.45, 7) is 2.89. The maximum absolute atomic E-state index is 13.4. The second kappa shape index (κ2) is 4.17. The molecule has 1 aromatic rings. The Morgan fingerprint density at radius 2 is 2.20 bits per heavy atom. The molecule has 1 aromatic carbocycles. The molecule has 0 saturated carbocycles. The average molecular weight is 211 g/mol. The zero-order valence-electron chi connectivity index (χ0n) is 8.82. The average Bonchev–Trinajstić information content (AvgIpc) is 2.24. The lowest BCUT2D eigenvalue weighted by Crippen LogP contribution is -2.24. The number of nitrogens with one attached hydrogen (secondary N) is 1. The minimum Gasteiger partial charge on any atom is -0.382 e. The zero-order valence-corrected chi connectivity index (χ0v) is 8.82. The third kappa shape index (κ3) is 1.96. The highest BCUT2D eigenvalue weighted by Gasteiger charge is 2.21. The maximum atomic E-state index is 13.4. The van der Waals surface area contributed by atoms with E-state index >= 15 is 0 Å². The fourth-order valence-electron chi connectivity index (χ4n) is 2.19. The number of benzene rings is 1. The van der Waals surface area contributed by atoms with E-state index in [2.05, 4.69) is 12.2 Å². The monoisotopic (exact) mass is 211 g/mol. The Morgan fingerprint density at radius 3 is 2.93 bits per heavy atom. The molecule has 1 heterocycles. The molecule has 0 aliphatic carbocycles. The van der Waals surface area contributed by atoms with E-state index in [1.54, 1.807) is 6.07 Å². The van der Waals surface area contributed by atoms with Gasteiger partial charge in [0.1, 0.15) is 0 Å². The van der Waals surface area contributed by atoms with Crippen LogP contribution in [0.3, 0.4) is 0 Å². The van der Waals surface area contributed by atoms with E-state index in [1.807, 2.05) is 0 Å². The van der Waals surface area contributed by atoms with E-state index in [4.69, 9.17) is 0 Å². The van der Waals surface area contributed by atoms with Crippen LogP contribution in [-0.4, -0.2) is 6.54 Å². The van der Waals surface area contributed by atoms with Gasteiger partial charge in [0.25, 0.3) is 0 Å². The number of anilines is 1. The summed E-state index contributed by atoms with van der Waals surface area (Å²) in [7, 11) is 0. The van der Waals surface area contributed by atoms with Gasteiger partial charge in [0.2, 0.25) is 0 Å². The highest BCUT2D eigenvalue weighted by molar-refractivity contribution is 5.54. The van der Waals surface area contributed by atoms with Crippen molar-refractivity contribution in [3.8, 4) is 0 Å². The van der Waals surface area contributed by atoms with Gasteiger partial charge in [0.15, 0.2) is 11.6 Å². The molecule has 0 spiro atoms. The second-order valence-corrected chi connectivity index (χ2v) is 4.14. The number of rotatable bonds is 2. The van der Waals surface area contributed by atoms with Crippen LogP contribution in [-0.2, 0) is 6.42 Å². The van der Waals surface area contributed by atoms with Gasteiger partial charge in [-0.2, -0.15) is 0 Å². The van der Waals surface area contributed by atoms with Crippen LogP contribution in [0, 0.1) is 17.6 Å². The first-order valence-corrected chi connectivity index (χ1v) is 5.43. The van der Waals surface area contributed by atoms with Crippen molar-refractivity contribution in [3.05, 3.63) is 29.3 Å². The number of halogens is 2. The van der Waals surface area contributed by atoms with Crippen LogP contribution < -0.4 is 5.32 Å². The summed E-state index contributed by atoms with van der Waals surface area (Å²) < 4.78 is 26.3. The second-order valence-electron chi connectivity index (χ2n) is 4.14. The Bertz CT molecular complexity index is 363. The molecule has 0 bridgehead atoms. The van der Waals surface area contributed by atoms with E-state index in [0.29, 0.717) is 11.6 Å². The van der Waals surface area contributed by atoms with Crippen molar-refractivity contribution < 1.29 is 8.78 Å². The van der Waals surface area contributed by atoms with E-state index in [0.717, 1.165) is 31.4 Å². The van der Waals surface area contributed by atoms with Gasteiger partial charge in [-0.15, -0.1) is 0 Å². The summed E-state index contributed by atoms with van der Waals surface area (Å²) in [5.74, 6) is -0.954. The fraction of sp³-hybridized carbons (Fsp3) is 0.500. The first-order valence-electron chi connectivity index (χ1n) is 5.43. The minimum absolute atomic E-state index is 0.363. The van der Waals surface area contributed by atoms with Gasteiger partial charge in [-0.1, -0.05) is 19.4 Å². The standard InChI is InChI=1S/C12H15F2N/c1-2-3-8-6-9-4-5-10(13)11(14)12(9)15-7-8/h4-5,8,15H,2-3,6-7H2,1H3. The molecule has 0 radical (unpaired) electrons.